The molecule has 1 N–H and O–H groups in total. The molecule has 4 heteroatoms. The molecule has 0 saturated heterocycles. The predicted molar refractivity (Wildman–Crippen MR) is 111 cm³/mol. The molecule has 3 aromatic rings. The summed E-state index contributed by atoms with van der Waals surface area (Å²) in [4.78, 5) is 4.14. The average Bonchev–Trinajstić information content (AvgIpc) is 2.77. The van der Waals surface area contributed by atoms with Gasteiger partial charge in [-0.2, -0.15) is 0 Å². The van der Waals surface area contributed by atoms with Gasteiger partial charge in [0, 0.05) is 30.5 Å². The van der Waals surface area contributed by atoms with E-state index in [0.29, 0.717) is 12.6 Å². The number of rotatable bonds is 7. The summed E-state index contributed by atoms with van der Waals surface area (Å²) < 4.78 is 11.5. The van der Waals surface area contributed by atoms with Crippen molar-refractivity contribution in [3.05, 3.63) is 89.2 Å². The van der Waals surface area contributed by atoms with Crippen molar-refractivity contribution in [1.82, 2.24) is 10.3 Å². The second-order valence-corrected chi connectivity index (χ2v) is 7.16. The number of aromatic nitrogens is 1. The van der Waals surface area contributed by atoms with Crippen LogP contribution in [0.15, 0.2) is 67.0 Å². The van der Waals surface area contributed by atoms with Crippen molar-refractivity contribution in [2.75, 3.05) is 7.11 Å². The quantitative estimate of drug-likeness (QED) is 0.643. The Hall–Kier alpha value is -2.85. The summed E-state index contributed by atoms with van der Waals surface area (Å²) in [5.74, 6) is 1.50. The van der Waals surface area contributed by atoms with E-state index in [1.54, 1.807) is 13.3 Å². The highest BCUT2D eigenvalue weighted by Crippen LogP contribution is 2.31. The van der Waals surface area contributed by atoms with Crippen LogP contribution in [0.4, 0.5) is 0 Å². The van der Waals surface area contributed by atoms with Crippen molar-refractivity contribution in [2.24, 2.45) is 0 Å². The van der Waals surface area contributed by atoms with Gasteiger partial charge in [-0.05, 0) is 54.2 Å². The Morgan fingerprint density at radius 3 is 2.82 bits per heavy atom. The van der Waals surface area contributed by atoms with Crippen LogP contribution >= 0.6 is 0 Å². The maximum atomic E-state index is 6.01. The minimum Gasteiger partial charge on any atom is -0.493 e. The molecule has 4 nitrogen and oxygen atoms in total. The Kier molecular flexibility index (Phi) is 5.88. The van der Waals surface area contributed by atoms with Crippen LogP contribution in [0.25, 0.3) is 0 Å². The first-order chi connectivity index (χ1) is 13.8. The molecule has 1 aromatic heterocycles. The van der Waals surface area contributed by atoms with Crippen molar-refractivity contribution in [1.29, 1.82) is 0 Å². The van der Waals surface area contributed by atoms with Crippen LogP contribution in [0, 0.1) is 0 Å². The van der Waals surface area contributed by atoms with E-state index in [-0.39, 0.29) is 0 Å². The van der Waals surface area contributed by atoms with Crippen LogP contribution in [0.1, 0.15) is 41.1 Å². The van der Waals surface area contributed by atoms with E-state index in [4.69, 9.17) is 9.47 Å². The third kappa shape index (κ3) is 4.34. The molecule has 144 valence electrons. The lowest BCUT2D eigenvalue weighted by molar-refractivity contribution is 0.283. The number of benzene rings is 2. The van der Waals surface area contributed by atoms with Crippen molar-refractivity contribution in [3.8, 4) is 11.5 Å². The van der Waals surface area contributed by atoms with Gasteiger partial charge in [-0.15, -0.1) is 0 Å². The molecular formula is C24H26N2O2. The van der Waals surface area contributed by atoms with Crippen molar-refractivity contribution in [2.45, 2.75) is 38.5 Å². The van der Waals surface area contributed by atoms with Gasteiger partial charge in [-0.1, -0.05) is 36.4 Å². The normalized spacial score (nSPS) is 15.7. The Labute approximate surface area is 166 Å². The van der Waals surface area contributed by atoms with Crippen LogP contribution in [-0.4, -0.2) is 12.1 Å². The molecule has 1 heterocycles. The monoisotopic (exact) mass is 374 g/mol. The number of pyridine rings is 1. The topological polar surface area (TPSA) is 43.4 Å². The molecular weight excluding hydrogens is 348 g/mol. The second-order valence-electron chi connectivity index (χ2n) is 7.16. The number of ether oxygens (including phenoxy) is 2. The first-order valence-corrected chi connectivity index (χ1v) is 9.83. The maximum absolute atomic E-state index is 6.01. The van der Waals surface area contributed by atoms with E-state index in [9.17, 15) is 0 Å². The number of fused-ring (bicyclic) bond motifs is 1. The zero-order chi connectivity index (χ0) is 19.2. The van der Waals surface area contributed by atoms with Gasteiger partial charge in [0.1, 0.15) is 6.61 Å². The second kappa shape index (κ2) is 8.89. The fraction of sp³-hybridized carbons (Fsp3) is 0.292. The highest BCUT2D eigenvalue weighted by atomic mass is 16.5. The summed E-state index contributed by atoms with van der Waals surface area (Å²) in [6, 6.07) is 19.2. The van der Waals surface area contributed by atoms with Crippen LogP contribution in [0.3, 0.4) is 0 Å². The van der Waals surface area contributed by atoms with Gasteiger partial charge in [0.25, 0.3) is 0 Å². The van der Waals surface area contributed by atoms with Gasteiger partial charge in [0.2, 0.25) is 0 Å². The minimum absolute atomic E-state index is 0.409. The fourth-order valence-corrected chi connectivity index (χ4v) is 3.80. The van der Waals surface area contributed by atoms with Crippen LogP contribution in [-0.2, 0) is 19.6 Å². The smallest absolute Gasteiger partial charge is 0.161 e. The molecule has 0 spiro atoms. The Balaban J connectivity index is 1.44. The predicted octanol–water partition coefficient (Wildman–Crippen LogP) is 4.84. The molecule has 28 heavy (non-hydrogen) atoms. The highest BCUT2D eigenvalue weighted by Gasteiger charge is 2.19. The molecule has 0 aliphatic heterocycles. The number of hydrogen-bond acceptors (Lipinski definition) is 4. The van der Waals surface area contributed by atoms with E-state index in [2.05, 4.69) is 46.7 Å². The molecule has 1 atom stereocenters. The summed E-state index contributed by atoms with van der Waals surface area (Å²) in [6.45, 7) is 1.27. The summed E-state index contributed by atoms with van der Waals surface area (Å²) in [5.41, 5.74) is 5.13. The van der Waals surface area contributed by atoms with Gasteiger partial charge in [-0.3, -0.25) is 4.98 Å². The molecule has 0 saturated carbocycles. The number of hydrogen-bond donors (Lipinski definition) is 1. The Morgan fingerprint density at radius 1 is 1.04 bits per heavy atom. The first-order valence-electron chi connectivity index (χ1n) is 9.83. The molecule has 0 fully saturated rings. The standard InChI is InChI=1S/C24H26N2O2/c1-27-23-12-11-18(14-24(23)28-17-19-6-5-13-25-15-19)16-26-22-10-4-8-20-7-2-3-9-21(20)22/h2-3,5-7,9,11-15,22,26H,4,8,10,16-17H2,1H3/t22-/m0/s1. The summed E-state index contributed by atoms with van der Waals surface area (Å²) in [7, 11) is 1.67. The zero-order valence-electron chi connectivity index (χ0n) is 16.2. The highest BCUT2D eigenvalue weighted by molar-refractivity contribution is 5.43. The number of nitrogens with zero attached hydrogens (tertiary/aromatic N) is 1. The third-order valence-electron chi connectivity index (χ3n) is 5.27. The Morgan fingerprint density at radius 2 is 1.96 bits per heavy atom. The lowest BCUT2D eigenvalue weighted by Crippen LogP contribution is -2.24. The minimum atomic E-state index is 0.409. The first kappa shape index (κ1) is 18.5. The van der Waals surface area contributed by atoms with Gasteiger partial charge in [-0.25, -0.2) is 0 Å². The fourth-order valence-electron chi connectivity index (χ4n) is 3.80. The average molecular weight is 374 g/mol. The SMILES string of the molecule is COc1ccc(CN[C@H]2CCCc3ccccc32)cc1OCc1cccnc1. The van der Waals surface area contributed by atoms with E-state index in [1.807, 2.05) is 24.4 Å². The summed E-state index contributed by atoms with van der Waals surface area (Å²) in [6.07, 6.45) is 7.18. The lowest BCUT2D eigenvalue weighted by atomic mass is 9.87. The Bertz CT molecular complexity index is 911. The van der Waals surface area contributed by atoms with E-state index in [0.717, 1.165) is 23.6 Å². The van der Waals surface area contributed by atoms with Crippen LogP contribution < -0.4 is 14.8 Å². The molecule has 1 aliphatic rings. The summed E-state index contributed by atoms with van der Waals surface area (Å²) in [5, 5.41) is 3.73. The van der Waals surface area contributed by atoms with Gasteiger partial charge in [0.15, 0.2) is 11.5 Å². The van der Waals surface area contributed by atoms with Crippen molar-refractivity contribution in [3.63, 3.8) is 0 Å². The molecule has 0 bridgehead atoms. The van der Waals surface area contributed by atoms with E-state index in [1.165, 1.54) is 36.0 Å². The molecule has 1 aliphatic carbocycles. The molecule has 0 unspecified atom stereocenters. The largest absolute Gasteiger partial charge is 0.493 e. The maximum Gasteiger partial charge on any atom is 0.161 e. The van der Waals surface area contributed by atoms with Crippen molar-refractivity contribution >= 4 is 0 Å². The van der Waals surface area contributed by atoms with Gasteiger partial charge in [0.05, 0.1) is 7.11 Å². The molecule has 0 radical (unpaired) electrons. The van der Waals surface area contributed by atoms with E-state index < -0.39 is 0 Å². The van der Waals surface area contributed by atoms with E-state index >= 15 is 0 Å². The number of methoxy groups -OCH3 is 1. The number of aryl methyl sites for hydroxylation is 1. The van der Waals surface area contributed by atoms with Crippen LogP contribution in [0.2, 0.25) is 0 Å². The molecule has 4 rings (SSSR count). The summed E-state index contributed by atoms with van der Waals surface area (Å²) >= 11 is 0. The van der Waals surface area contributed by atoms with Gasteiger partial charge >= 0.3 is 0 Å². The van der Waals surface area contributed by atoms with Gasteiger partial charge < -0.3 is 14.8 Å². The molecule has 0 amide bonds. The third-order valence-corrected chi connectivity index (χ3v) is 5.27. The lowest BCUT2D eigenvalue weighted by Gasteiger charge is -2.26. The zero-order valence-corrected chi connectivity index (χ0v) is 16.2. The van der Waals surface area contributed by atoms with Crippen molar-refractivity contribution < 1.29 is 9.47 Å². The molecule has 2 aromatic carbocycles. The number of nitrogens with one attached hydrogen (secondary N) is 1. The van der Waals surface area contributed by atoms with Crippen LogP contribution in [0.5, 0.6) is 11.5 Å².